The van der Waals surface area contributed by atoms with Gasteiger partial charge >= 0.3 is 5.97 Å². The Balaban J connectivity index is 2.03. The fraction of sp³-hybridized carbons (Fsp3) is 0.412. The summed E-state index contributed by atoms with van der Waals surface area (Å²) in [5, 5.41) is 9.95. The molecule has 21 heavy (non-hydrogen) atoms. The minimum Gasteiger partial charge on any atom is -0.478 e. The molecule has 4 nitrogen and oxygen atoms in total. The van der Waals surface area contributed by atoms with Crippen LogP contribution in [-0.4, -0.2) is 28.6 Å². The minimum atomic E-state index is -0.903. The Labute approximate surface area is 124 Å². The van der Waals surface area contributed by atoms with Gasteiger partial charge in [-0.3, -0.25) is 0 Å². The van der Waals surface area contributed by atoms with E-state index >= 15 is 0 Å². The van der Waals surface area contributed by atoms with Crippen molar-refractivity contribution in [3.8, 4) is 0 Å². The fourth-order valence-electron chi connectivity index (χ4n) is 3.22. The highest BCUT2D eigenvalue weighted by Crippen LogP contribution is 2.27. The van der Waals surface area contributed by atoms with E-state index in [4.69, 9.17) is 4.98 Å². The zero-order chi connectivity index (χ0) is 14.8. The largest absolute Gasteiger partial charge is 0.478 e. The van der Waals surface area contributed by atoms with Crippen LogP contribution in [0.4, 0.5) is 5.82 Å². The molecule has 0 amide bonds. The molecule has 1 unspecified atom stereocenters. The number of carboxylic acid groups (broad SMARTS) is 1. The van der Waals surface area contributed by atoms with Gasteiger partial charge in [-0.25, -0.2) is 9.78 Å². The third kappa shape index (κ3) is 2.58. The molecule has 0 radical (unpaired) electrons. The van der Waals surface area contributed by atoms with Gasteiger partial charge in [0.2, 0.25) is 0 Å². The van der Waals surface area contributed by atoms with E-state index in [0.29, 0.717) is 17.0 Å². The summed E-state index contributed by atoms with van der Waals surface area (Å²) in [5.74, 6) is 0.0659. The number of aromatic nitrogens is 1. The number of carbonyl (C=O) groups is 1. The van der Waals surface area contributed by atoms with Gasteiger partial charge < -0.3 is 10.0 Å². The van der Waals surface area contributed by atoms with Gasteiger partial charge in [-0.05, 0) is 49.9 Å². The van der Waals surface area contributed by atoms with E-state index in [0.717, 1.165) is 24.3 Å². The smallest absolute Gasteiger partial charge is 0.336 e. The van der Waals surface area contributed by atoms with Gasteiger partial charge in [0.1, 0.15) is 5.82 Å². The van der Waals surface area contributed by atoms with Crippen molar-refractivity contribution in [1.29, 1.82) is 0 Å². The number of rotatable bonds is 3. The first kappa shape index (κ1) is 13.9. The number of hydrogen-bond donors (Lipinski definition) is 1. The predicted molar refractivity (Wildman–Crippen MR) is 84.0 cm³/mol. The zero-order valence-corrected chi connectivity index (χ0v) is 12.2. The summed E-state index contributed by atoms with van der Waals surface area (Å²) >= 11 is 0. The summed E-state index contributed by atoms with van der Waals surface area (Å²) in [6, 6.07) is 9.67. The highest BCUT2D eigenvalue weighted by Gasteiger charge is 2.22. The molecule has 2 aromatic rings. The monoisotopic (exact) mass is 284 g/mol. The maximum atomic E-state index is 11.3. The normalized spacial score (nSPS) is 18.9. The first-order valence-corrected chi connectivity index (χ1v) is 7.60. The van der Waals surface area contributed by atoms with Gasteiger partial charge in [0.25, 0.3) is 0 Å². The first-order chi connectivity index (χ1) is 10.2. The molecule has 1 atom stereocenters. The van der Waals surface area contributed by atoms with Crippen LogP contribution >= 0.6 is 0 Å². The van der Waals surface area contributed by atoms with Crippen molar-refractivity contribution in [1.82, 2.24) is 4.98 Å². The Morgan fingerprint density at radius 1 is 1.33 bits per heavy atom. The molecule has 1 aliphatic heterocycles. The van der Waals surface area contributed by atoms with Gasteiger partial charge in [-0.2, -0.15) is 0 Å². The van der Waals surface area contributed by atoms with E-state index < -0.39 is 5.97 Å². The van der Waals surface area contributed by atoms with Gasteiger partial charge in [-0.1, -0.05) is 13.0 Å². The minimum absolute atomic E-state index is 0.317. The number of anilines is 1. The van der Waals surface area contributed by atoms with Crippen molar-refractivity contribution in [3.05, 3.63) is 35.9 Å². The molecule has 0 aliphatic carbocycles. The number of hydrogen-bond acceptors (Lipinski definition) is 3. The van der Waals surface area contributed by atoms with Gasteiger partial charge in [0.15, 0.2) is 0 Å². The van der Waals surface area contributed by atoms with Crippen LogP contribution in [-0.2, 0) is 0 Å². The molecular formula is C17H20N2O2. The molecule has 1 fully saturated rings. The molecule has 1 aromatic heterocycles. The Morgan fingerprint density at radius 3 is 2.95 bits per heavy atom. The molecule has 4 heteroatoms. The highest BCUT2D eigenvalue weighted by atomic mass is 16.4. The van der Waals surface area contributed by atoms with Crippen molar-refractivity contribution in [2.24, 2.45) is 0 Å². The summed E-state index contributed by atoms with van der Waals surface area (Å²) in [6.07, 6.45) is 4.82. The lowest BCUT2D eigenvalue weighted by Crippen LogP contribution is -2.39. The number of fused-ring (bicyclic) bond motifs is 1. The van der Waals surface area contributed by atoms with E-state index in [-0.39, 0.29) is 0 Å². The van der Waals surface area contributed by atoms with Crippen molar-refractivity contribution >= 4 is 22.7 Å². The standard InChI is InChI=1S/C17H20N2O2/c1-2-12-6-3-4-11-19(12)16-10-9-13-14(17(20)21)7-5-8-15(13)18-16/h5,7-10,12H,2-4,6,11H2,1H3,(H,20,21). The predicted octanol–water partition coefficient (Wildman–Crippen LogP) is 3.70. The maximum Gasteiger partial charge on any atom is 0.336 e. The third-order valence-corrected chi connectivity index (χ3v) is 4.34. The zero-order valence-electron chi connectivity index (χ0n) is 12.2. The average molecular weight is 284 g/mol. The molecule has 3 rings (SSSR count). The molecule has 1 N–H and O–H groups in total. The Kier molecular flexibility index (Phi) is 3.78. The van der Waals surface area contributed by atoms with Crippen LogP contribution in [0.25, 0.3) is 10.9 Å². The van der Waals surface area contributed by atoms with Crippen LogP contribution in [0.2, 0.25) is 0 Å². The molecule has 0 bridgehead atoms. The summed E-state index contributed by atoms with van der Waals surface area (Å²) in [7, 11) is 0. The lowest BCUT2D eigenvalue weighted by atomic mass is 10.00. The van der Waals surface area contributed by atoms with Gasteiger partial charge in [0.05, 0.1) is 11.1 Å². The average Bonchev–Trinajstić information content (AvgIpc) is 2.53. The number of piperidine rings is 1. The molecule has 0 saturated carbocycles. The van der Waals surface area contributed by atoms with Crippen molar-refractivity contribution in [3.63, 3.8) is 0 Å². The van der Waals surface area contributed by atoms with E-state index in [1.54, 1.807) is 12.1 Å². The Morgan fingerprint density at radius 2 is 2.19 bits per heavy atom. The first-order valence-electron chi connectivity index (χ1n) is 7.60. The van der Waals surface area contributed by atoms with Crippen LogP contribution < -0.4 is 4.90 Å². The van der Waals surface area contributed by atoms with Gasteiger partial charge in [0, 0.05) is 18.0 Å². The molecule has 0 spiro atoms. The number of nitrogens with zero attached hydrogens (tertiary/aromatic N) is 2. The summed E-state index contributed by atoms with van der Waals surface area (Å²) in [6.45, 7) is 3.25. The van der Waals surface area contributed by atoms with E-state index in [1.165, 1.54) is 19.3 Å². The summed E-state index contributed by atoms with van der Waals surface area (Å²) in [5.41, 5.74) is 1.07. The number of pyridine rings is 1. The fourth-order valence-corrected chi connectivity index (χ4v) is 3.22. The molecule has 110 valence electrons. The van der Waals surface area contributed by atoms with Crippen molar-refractivity contribution in [2.75, 3.05) is 11.4 Å². The number of benzene rings is 1. The second kappa shape index (κ2) is 5.72. The Hall–Kier alpha value is -2.10. The summed E-state index contributed by atoms with van der Waals surface area (Å²) < 4.78 is 0. The van der Waals surface area contributed by atoms with Crippen LogP contribution in [0.15, 0.2) is 30.3 Å². The van der Waals surface area contributed by atoms with E-state index in [2.05, 4.69) is 11.8 Å². The van der Waals surface area contributed by atoms with Crippen molar-refractivity contribution in [2.45, 2.75) is 38.6 Å². The van der Waals surface area contributed by atoms with Crippen LogP contribution in [0.5, 0.6) is 0 Å². The van der Waals surface area contributed by atoms with E-state index in [9.17, 15) is 9.90 Å². The van der Waals surface area contributed by atoms with Crippen LogP contribution in [0.1, 0.15) is 43.0 Å². The molecule has 1 aromatic carbocycles. The topological polar surface area (TPSA) is 53.4 Å². The highest BCUT2D eigenvalue weighted by molar-refractivity contribution is 6.02. The van der Waals surface area contributed by atoms with E-state index in [1.807, 2.05) is 18.2 Å². The quantitative estimate of drug-likeness (QED) is 0.933. The van der Waals surface area contributed by atoms with Crippen molar-refractivity contribution < 1.29 is 9.90 Å². The molecule has 1 saturated heterocycles. The SMILES string of the molecule is CCC1CCCCN1c1ccc2c(C(=O)O)cccc2n1. The second-order valence-electron chi connectivity index (χ2n) is 5.60. The molecular weight excluding hydrogens is 264 g/mol. The molecule has 2 heterocycles. The van der Waals surface area contributed by atoms with Gasteiger partial charge in [-0.15, -0.1) is 0 Å². The second-order valence-corrected chi connectivity index (χ2v) is 5.60. The molecule has 1 aliphatic rings. The maximum absolute atomic E-state index is 11.3. The third-order valence-electron chi connectivity index (χ3n) is 4.34. The lowest BCUT2D eigenvalue weighted by Gasteiger charge is -2.36. The number of carboxylic acids is 1. The lowest BCUT2D eigenvalue weighted by molar-refractivity contribution is 0.0699. The number of aromatic carboxylic acids is 1. The van der Waals surface area contributed by atoms with Crippen LogP contribution in [0, 0.1) is 0 Å². The Bertz CT molecular complexity index is 669. The summed E-state index contributed by atoms with van der Waals surface area (Å²) in [4.78, 5) is 18.3. The van der Waals surface area contributed by atoms with Crippen LogP contribution in [0.3, 0.4) is 0 Å².